The zero-order valence-electron chi connectivity index (χ0n) is 15.1. The fourth-order valence-electron chi connectivity index (χ4n) is 3.13. The van der Waals surface area contributed by atoms with E-state index in [1.54, 1.807) is 38.7 Å². The third-order valence-corrected chi connectivity index (χ3v) is 4.56. The van der Waals surface area contributed by atoms with Crippen molar-refractivity contribution in [3.63, 3.8) is 0 Å². The second-order valence-electron chi connectivity index (χ2n) is 6.45. The van der Waals surface area contributed by atoms with Crippen LogP contribution in [0.2, 0.25) is 0 Å². The Kier molecular flexibility index (Phi) is 4.06. The number of aldehydes is 1. The highest BCUT2D eigenvalue weighted by atomic mass is 16.3. The molecule has 0 bridgehead atoms. The molecule has 0 spiro atoms. The summed E-state index contributed by atoms with van der Waals surface area (Å²) in [5.74, 6) is 0. The Labute approximate surface area is 163 Å². The summed E-state index contributed by atoms with van der Waals surface area (Å²) < 4.78 is 4.95. The summed E-state index contributed by atoms with van der Waals surface area (Å²) in [5.41, 5.74) is 4.59. The van der Waals surface area contributed by atoms with Crippen molar-refractivity contribution in [3.05, 3.63) is 54.2 Å². The number of hydrogen-bond donors (Lipinski definition) is 1. The van der Waals surface area contributed by atoms with Crippen LogP contribution in [-0.4, -0.2) is 62.4 Å². The predicted octanol–water partition coefficient (Wildman–Crippen LogP) is 0.586. The van der Waals surface area contributed by atoms with E-state index >= 15 is 0 Å². The number of hydrogen-bond acceptors (Lipinski definition) is 8. The number of aromatic nitrogens is 9. The first-order chi connectivity index (χ1) is 14.2. The zero-order valence-corrected chi connectivity index (χ0v) is 15.1. The lowest BCUT2D eigenvalue weighted by Gasteiger charge is -2.04. The lowest BCUT2D eigenvalue weighted by Crippen LogP contribution is -2.04. The fourth-order valence-corrected chi connectivity index (χ4v) is 3.13. The van der Waals surface area contributed by atoms with Crippen LogP contribution in [0.3, 0.4) is 0 Å². The molecule has 0 aliphatic carbocycles. The molecular formula is C18H15N9O2. The smallest absolute Gasteiger partial charge is 0.221 e. The van der Waals surface area contributed by atoms with Crippen molar-refractivity contribution >= 4 is 23.1 Å². The summed E-state index contributed by atoms with van der Waals surface area (Å²) >= 11 is 0. The molecule has 29 heavy (non-hydrogen) atoms. The molecule has 0 saturated heterocycles. The van der Waals surface area contributed by atoms with Crippen LogP contribution in [-0.2, 0) is 13.1 Å². The van der Waals surface area contributed by atoms with Crippen molar-refractivity contribution in [3.8, 4) is 11.3 Å². The monoisotopic (exact) mass is 389 g/mol. The Morgan fingerprint density at radius 3 is 2.97 bits per heavy atom. The fraction of sp³-hybridized carbons (Fsp3) is 0.167. The maximum atomic E-state index is 11.2. The van der Waals surface area contributed by atoms with Crippen LogP contribution in [0, 0.1) is 0 Å². The summed E-state index contributed by atoms with van der Waals surface area (Å²) in [6.07, 6.45) is 9.21. The minimum atomic E-state index is 0.00980. The van der Waals surface area contributed by atoms with Gasteiger partial charge in [0, 0.05) is 18.0 Å². The van der Waals surface area contributed by atoms with Crippen LogP contribution < -0.4 is 0 Å². The lowest BCUT2D eigenvalue weighted by atomic mass is 10.2. The normalized spacial score (nSPS) is 11.5. The molecule has 11 nitrogen and oxygen atoms in total. The van der Waals surface area contributed by atoms with Crippen LogP contribution in [0.1, 0.15) is 15.9 Å². The summed E-state index contributed by atoms with van der Waals surface area (Å²) in [5, 5.41) is 25.6. The molecule has 1 N–H and O–H groups in total. The van der Waals surface area contributed by atoms with Gasteiger partial charge in [-0.3, -0.25) is 9.48 Å². The van der Waals surface area contributed by atoms with Crippen molar-refractivity contribution in [2.45, 2.75) is 13.1 Å². The summed E-state index contributed by atoms with van der Waals surface area (Å²) in [6.45, 7) is 0.837. The third kappa shape index (κ3) is 3.02. The highest BCUT2D eigenvalue weighted by molar-refractivity contribution is 5.85. The van der Waals surface area contributed by atoms with Gasteiger partial charge in [0.15, 0.2) is 11.9 Å². The Morgan fingerprint density at radius 1 is 1.17 bits per heavy atom. The van der Waals surface area contributed by atoms with Crippen LogP contribution in [0.4, 0.5) is 0 Å². The first kappa shape index (κ1) is 17.1. The van der Waals surface area contributed by atoms with Crippen molar-refractivity contribution in [2.24, 2.45) is 0 Å². The van der Waals surface area contributed by atoms with Gasteiger partial charge in [-0.2, -0.15) is 10.2 Å². The number of fused-ring (bicyclic) bond motifs is 2. The van der Waals surface area contributed by atoms with Gasteiger partial charge in [0.1, 0.15) is 0 Å². The van der Waals surface area contributed by atoms with Crippen LogP contribution in [0.5, 0.6) is 0 Å². The van der Waals surface area contributed by atoms with Gasteiger partial charge in [0.25, 0.3) is 0 Å². The first-order valence-electron chi connectivity index (χ1n) is 8.86. The molecule has 0 saturated carbocycles. The molecule has 0 aliphatic heterocycles. The molecule has 5 rings (SSSR count). The topological polar surface area (TPSA) is 129 Å². The van der Waals surface area contributed by atoms with Gasteiger partial charge < -0.3 is 5.11 Å². The number of carbonyl (C=O) groups is 1. The molecule has 5 heterocycles. The minimum Gasteiger partial charge on any atom is -0.394 e. The summed E-state index contributed by atoms with van der Waals surface area (Å²) in [7, 11) is 0. The number of aliphatic hydroxyl groups is 1. The van der Waals surface area contributed by atoms with Crippen LogP contribution >= 0.6 is 0 Å². The van der Waals surface area contributed by atoms with Crippen molar-refractivity contribution in [1.82, 2.24) is 44.4 Å². The Morgan fingerprint density at radius 2 is 2.10 bits per heavy atom. The summed E-state index contributed by atoms with van der Waals surface area (Å²) in [4.78, 5) is 20.2. The standard InChI is InChI=1S/C18H15N9O2/c28-4-3-25-10-13(6-20-25)15-8-19-17-18(22-15)27(24-23-17)9-12-1-2-26-16(5-12)14(11-29)7-21-26/h1-2,5-8,10-11,28H,3-4,9H2. The van der Waals surface area contributed by atoms with Gasteiger partial charge in [0.05, 0.1) is 55.1 Å². The predicted molar refractivity (Wildman–Crippen MR) is 101 cm³/mol. The molecule has 0 atom stereocenters. The summed E-state index contributed by atoms with van der Waals surface area (Å²) in [6, 6.07) is 3.79. The molecule has 5 aromatic heterocycles. The van der Waals surface area contributed by atoms with E-state index in [0.717, 1.165) is 22.9 Å². The highest BCUT2D eigenvalue weighted by Gasteiger charge is 2.12. The number of aliphatic hydroxyl groups excluding tert-OH is 1. The molecule has 0 aliphatic rings. The average Bonchev–Trinajstić information content (AvgIpc) is 3.46. The van der Waals surface area contributed by atoms with Crippen LogP contribution in [0.15, 0.2) is 43.1 Å². The molecule has 144 valence electrons. The quantitative estimate of drug-likeness (QED) is 0.418. The molecular weight excluding hydrogens is 374 g/mol. The highest BCUT2D eigenvalue weighted by Crippen LogP contribution is 2.19. The van der Waals surface area contributed by atoms with Gasteiger partial charge >= 0.3 is 0 Å². The van der Waals surface area contributed by atoms with E-state index in [-0.39, 0.29) is 6.61 Å². The molecule has 0 amide bonds. The van der Waals surface area contributed by atoms with E-state index in [1.165, 1.54) is 6.20 Å². The minimum absolute atomic E-state index is 0.00980. The first-order valence-corrected chi connectivity index (χ1v) is 8.86. The van der Waals surface area contributed by atoms with E-state index in [1.807, 2.05) is 12.1 Å². The maximum Gasteiger partial charge on any atom is 0.221 e. The van der Waals surface area contributed by atoms with E-state index in [4.69, 9.17) is 5.11 Å². The Hall–Kier alpha value is -3.99. The molecule has 5 aromatic rings. The van der Waals surface area contributed by atoms with Crippen molar-refractivity contribution in [1.29, 1.82) is 0 Å². The van der Waals surface area contributed by atoms with E-state index < -0.39 is 0 Å². The van der Waals surface area contributed by atoms with Gasteiger partial charge in [-0.05, 0) is 17.7 Å². The SMILES string of the molecule is O=Cc1cnn2ccc(Cn3nnc4ncc(-c5cnn(CCO)c5)nc43)cc12. The zero-order chi connectivity index (χ0) is 19.8. The largest absolute Gasteiger partial charge is 0.394 e. The van der Waals surface area contributed by atoms with Gasteiger partial charge in [-0.1, -0.05) is 5.21 Å². The number of pyridine rings is 1. The van der Waals surface area contributed by atoms with E-state index in [2.05, 4.69) is 30.5 Å². The second-order valence-corrected chi connectivity index (χ2v) is 6.45. The lowest BCUT2D eigenvalue weighted by molar-refractivity contribution is 0.112. The number of carbonyl (C=O) groups excluding carboxylic acids is 1. The third-order valence-electron chi connectivity index (χ3n) is 4.56. The van der Waals surface area contributed by atoms with Gasteiger partial charge in [0.2, 0.25) is 5.65 Å². The molecule has 0 radical (unpaired) electrons. The molecule has 0 unspecified atom stereocenters. The maximum absolute atomic E-state index is 11.2. The van der Waals surface area contributed by atoms with E-state index in [0.29, 0.717) is 35.6 Å². The number of rotatable bonds is 6. The average molecular weight is 389 g/mol. The Bertz CT molecular complexity index is 1330. The molecule has 0 fully saturated rings. The second kappa shape index (κ2) is 6.87. The van der Waals surface area contributed by atoms with Crippen LogP contribution in [0.25, 0.3) is 28.1 Å². The molecule has 11 heteroatoms. The number of nitrogens with zero attached hydrogens (tertiary/aromatic N) is 9. The molecule has 0 aromatic carbocycles. The van der Waals surface area contributed by atoms with Gasteiger partial charge in [-0.15, -0.1) is 5.10 Å². The van der Waals surface area contributed by atoms with Crippen molar-refractivity contribution in [2.75, 3.05) is 6.61 Å². The van der Waals surface area contributed by atoms with Gasteiger partial charge in [-0.25, -0.2) is 19.2 Å². The Balaban J connectivity index is 1.51. The van der Waals surface area contributed by atoms with E-state index in [9.17, 15) is 4.79 Å². The van der Waals surface area contributed by atoms with Crippen molar-refractivity contribution < 1.29 is 9.90 Å².